The van der Waals surface area contributed by atoms with E-state index in [1.54, 1.807) is 5.48 Å². The summed E-state index contributed by atoms with van der Waals surface area (Å²) >= 11 is 4.52. The van der Waals surface area contributed by atoms with Gasteiger partial charge in [-0.15, -0.1) is 0 Å². The van der Waals surface area contributed by atoms with Gasteiger partial charge >= 0.3 is 0 Å². The Morgan fingerprint density at radius 1 is 1.90 bits per heavy atom. The molecule has 0 aliphatic heterocycles. The van der Waals surface area contributed by atoms with Crippen LogP contribution < -0.4 is 11.0 Å². The minimum Gasteiger partial charge on any atom is -0.376 e. The monoisotopic (exact) mass is 160 g/mol. The minimum absolute atomic E-state index is 0.0293. The number of thiocarbonyl (C=S) groups is 1. The second-order valence-electron chi connectivity index (χ2n) is 1.52. The van der Waals surface area contributed by atoms with Gasteiger partial charge in [-0.05, 0) is 0 Å². The van der Waals surface area contributed by atoms with Gasteiger partial charge in [0, 0.05) is 0 Å². The highest BCUT2D eigenvalue weighted by atomic mass is 32.1. The Morgan fingerprint density at radius 3 is 3.00 bits per heavy atom. The summed E-state index contributed by atoms with van der Waals surface area (Å²) in [5.74, 6) is 0.113. The molecule has 0 atom stereocenters. The van der Waals surface area contributed by atoms with Gasteiger partial charge in [0.1, 0.15) is 0 Å². The van der Waals surface area contributed by atoms with E-state index in [4.69, 9.17) is 5.21 Å². The van der Waals surface area contributed by atoms with Gasteiger partial charge in [-0.1, -0.05) is 12.2 Å². The smallest absolute Gasteiger partial charge is 0.280 e. The second-order valence-corrected chi connectivity index (χ2v) is 1.93. The molecule has 0 fully saturated rings. The first-order chi connectivity index (χ1) is 4.74. The largest absolute Gasteiger partial charge is 0.376 e. The fourth-order valence-electron chi connectivity index (χ4n) is 0.450. The average Bonchev–Trinajstić information content (AvgIpc) is 2.34. The lowest BCUT2D eigenvalue weighted by Crippen LogP contribution is -2.16. The van der Waals surface area contributed by atoms with Crippen LogP contribution in [0, 0.1) is 0 Å². The van der Waals surface area contributed by atoms with Crippen LogP contribution in [0.4, 0.5) is 0 Å². The Morgan fingerprint density at radius 2 is 2.60 bits per heavy atom. The van der Waals surface area contributed by atoms with Gasteiger partial charge in [0.05, 0.1) is 6.07 Å². The SMILES string of the molecule is O=c1cc(C(=S)NO)o[nH]1. The molecule has 0 aromatic carbocycles. The van der Waals surface area contributed by atoms with Crippen molar-refractivity contribution < 1.29 is 9.73 Å². The maximum atomic E-state index is 10.4. The number of rotatable bonds is 1. The van der Waals surface area contributed by atoms with Gasteiger partial charge in [0.25, 0.3) is 5.56 Å². The molecule has 1 aromatic heterocycles. The zero-order valence-electron chi connectivity index (χ0n) is 4.75. The predicted molar refractivity (Wildman–Crippen MR) is 36.0 cm³/mol. The molecule has 0 amide bonds. The summed E-state index contributed by atoms with van der Waals surface area (Å²) in [5, 5.41) is 10.2. The number of nitrogens with one attached hydrogen (secondary N) is 2. The van der Waals surface area contributed by atoms with Crippen LogP contribution in [0.25, 0.3) is 0 Å². The summed E-state index contributed by atoms with van der Waals surface area (Å²) in [7, 11) is 0. The van der Waals surface area contributed by atoms with Crippen molar-refractivity contribution in [3.8, 4) is 0 Å². The van der Waals surface area contributed by atoms with E-state index in [2.05, 4.69) is 16.7 Å². The Hall–Kier alpha value is -1.14. The molecule has 0 saturated heterocycles. The average molecular weight is 160 g/mol. The maximum absolute atomic E-state index is 10.4. The lowest BCUT2D eigenvalue weighted by Gasteiger charge is -1.91. The maximum Gasteiger partial charge on any atom is 0.280 e. The van der Waals surface area contributed by atoms with Crippen molar-refractivity contribution in [3.05, 3.63) is 22.2 Å². The van der Waals surface area contributed by atoms with Gasteiger partial charge in [0.15, 0.2) is 10.7 Å². The Labute approximate surface area is 60.6 Å². The van der Waals surface area contributed by atoms with Crippen molar-refractivity contribution in [1.82, 2.24) is 10.6 Å². The highest BCUT2D eigenvalue weighted by molar-refractivity contribution is 7.80. The Kier molecular flexibility index (Phi) is 1.83. The van der Waals surface area contributed by atoms with Crippen molar-refractivity contribution in [1.29, 1.82) is 0 Å². The topological polar surface area (TPSA) is 78.3 Å². The molecule has 54 valence electrons. The summed E-state index contributed by atoms with van der Waals surface area (Å²) in [6.45, 7) is 0. The third kappa shape index (κ3) is 1.23. The molecule has 1 rings (SSSR count). The standard InChI is InChI=1S/C4H4N2O3S/c7-3-1-2(9-6-3)4(10)5-8/h1,8H,(H,5,10)(H,6,7). The first kappa shape index (κ1) is 6.97. The van der Waals surface area contributed by atoms with Gasteiger partial charge in [-0.25, -0.2) is 0 Å². The van der Waals surface area contributed by atoms with Gasteiger partial charge < -0.3 is 4.52 Å². The molecule has 0 spiro atoms. The van der Waals surface area contributed by atoms with Crippen LogP contribution in [0.3, 0.4) is 0 Å². The highest BCUT2D eigenvalue weighted by Gasteiger charge is 2.03. The second kappa shape index (κ2) is 2.63. The van der Waals surface area contributed by atoms with E-state index < -0.39 is 5.56 Å². The van der Waals surface area contributed by atoms with Crippen molar-refractivity contribution in [2.45, 2.75) is 0 Å². The van der Waals surface area contributed by atoms with Crippen LogP contribution >= 0.6 is 12.2 Å². The van der Waals surface area contributed by atoms with Crippen LogP contribution in [0.15, 0.2) is 15.4 Å². The van der Waals surface area contributed by atoms with Crippen molar-refractivity contribution in [2.24, 2.45) is 0 Å². The molecule has 5 nitrogen and oxygen atoms in total. The molecule has 6 heteroatoms. The van der Waals surface area contributed by atoms with Gasteiger partial charge in [-0.3, -0.25) is 15.5 Å². The van der Waals surface area contributed by atoms with Crippen LogP contribution in [-0.4, -0.2) is 15.4 Å². The van der Waals surface area contributed by atoms with E-state index in [9.17, 15) is 4.79 Å². The summed E-state index contributed by atoms with van der Waals surface area (Å²) < 4.78 is 4.52. The van der Waals surface area contributed by atoms with E-state index in [1.165, 1.54) is 0 Å². The summed E-state index contributed by atoms with van der Waals surface area (Å²) in [6.07, 6.45) is 0. The quantitative estimate of drug-likeness (QED) is 0.385. The summed E-state index contributed by atoms with van der Waals surface area (Å²) in [4.78, 5) is 10.4. The number of hydroxylamine groups is 1. The van der Waals surface area contributed by atoms with Crippen molar-refractivity contribution in [2.75, 3.05) is 0 Å². The lowest BCUT2D eigenvalue weighted by atomic mass is 10.5. The molecule has 0 saturated carbocycles. The Bertz CT molecular complexity index is 289. The number of aromatic amines is 1. The molecule has 1 heterocycles. The summed E-state index contributed by atoms with van der Waals surface area (Å²) in [6, 6.07) is 1.13. The van der Waals surface area contributed by atoms with Crippen molar-refractivity contribution >= 4 is 17.2 Å². The predicted octanol–water partition coefficient (Wildman–Crippen LogP) is -0.378. The number of aromatic nitrogens is 1. The van der Waals surface area contributed by atoms with Crippen molar-refractivity contribution in [3.63, 3.8) is 0 Å². The molecular formula is C4H4N2O3S. The molecule has 0 unspecified atom stereocenters. The van der Waals surface area contributed by atoms with Crippen LogP contribution in [-0.2, 0) is 0 Å². The normalized spacial score (nSPS) is 9.30. The van der Waals surface area contributed by atoms with Crippen LogP contribution in [0.2, 0.25) is 0 Å². The van der Waals surface area contributed by atoms with E-state index in [-0.39, 0.29) is 10.7 Å². The van der Waals surface area contributed by atoms with Crippen LogP contribution in [0.1, 0.15) is 5.76 Å². The molecular weight excluding hydrogens is 156 g/mol. The number of hydrogen-bond acceptors (Lipinski definition) is 4. The molecule has 10 heavy (non-hydrogen) atoms. The van der Waals surface area contributed by atoms with E-state index in [1.807, 2.05) is 5.16 Å². The van der Waals surface area contributed by atoms with Crippen LogP contribution in [0.5, 0.6) is 0 Å². The third-order valence-corrected chi connectivity index (χ3v) is 1.14. The molecule has 1 aromatic rings. The number of H-pyrrole nitrogens is 1. The third-order valence-electron chi connectivity index (χ3n) is 0.849. The van der Waals surface area contributed by atoms with E-state index in [0.717, 1.165) is 6.07 Å². The zero-order valence-corrected chi connectivity index (χ0v) is 5.57. The first-order valence-corrected chi connectivity index (χ1v) is 2.78. The van der Waals surface area contributed by atoms with E-state index >= 15 is 0 Å². The summed E-state index contributed by atoms with van der Waals surface area (Å²) in [5.41, 5.74) is 1.28. The molecule has 0 aliphatic carbocycles. The molecule has 0 radical (unpaired) electrons. The molecule has 0 bridgehead atoms. The Balaban J connectivity index is 2.95. The van der Waals surface area contributed by atoms with Gasteiger partial charge in [0.2, 0.25) is 0 Å². The number of hydrogen-bond donors (Lipinski definition) is 3. The van der Waals surface area contributed by atoms with Gasteiger partial charge in [-0.2, -0.15) is 5.16 Å². The molecule has 0 aliphatic rings. The zero-order chi connectivity index (χ0) is 7.56. The highest BCUT2D eigenvalue weighted by Crippen LogP contribution is 1.91. The lowest BCUT2D eigenvalue weighted by molar-refractivity contribution is 0.234. The molecule has 3 N–H and O–H groups in total. The fraction of sp³-hybridized carbons (Fsp3) is 0. The van der Waals surface area contributed by atoms with E-state index in [0.29, 0.717) is 0 Å². The minimum atomic E-state index is -0.396. The fourth-order valence-corrected chi connectivity index (χ4v) is 0.551. The first-order valence-electron chi connectivity index (χ1n) is 2.37.